The van der Waals surface area contributed by atoms with Gasteiger partial charge >= 0.3 is 0 Å². The molecule has 6 nitrogen and oxygen atoms in total. The standard InChI is InChI=1S/C19H30N4O2.HI/c1-15(2)18(24)23-11-9-17(13-23)22-19(20-3)21-10-12-25-14-16-7-5-4-6-8-16;/h4-8,15,17H,9-14H2,1-3H3,(H2,20,21,22);1H. The first-order valence-electron chi connectivity index (χ1n) is 8.97. The topological polar surface area (TPSA) is 66.0 Å². The van der Waals surface area contributed by atoms with Gasteiger partial charge in [0.2, 0.25) is 5.91 Å². The summed E-state index contributed by atoms with van der Waals surface area (Å²) in [5, 5.41) is 6.65. The van der Waals surface area contributed by atoms with Crippen LogP contribution in [0.4, 0.5) is 0 Å². The highest BCUT2D eigenvalue weighted by Crippen LogP contribution is 2.12. The van der Waals surface area contributed by atoms with Crippen molar-refractivity contribution >= 4 is 35.8 Å². The highest BCUT2D eigenvalue weighted by molar-refractivity contribution is 14.0. The lowest BCUT2D eigenvalue weighted by Gasteiger charge is -2.20. The van der Waals surface area contributed by atoms with Gasteiger partial charge in [-0.3, -0.25) is 9.79 Å². The molecule has 0 aliphatic carbocycles. The normalized spacial score (nSPS) is 17.2. The minimum atomic E-state index is 0. The molecule has 1 amide bonds. The van der Waals surface area contributed by atoms with Crippen molar-refractivity contribution in [3.63, 3.8) is 0 Å². The van der Waals surface area contributed by atoms with Gasteiger partial charge in [-0.15, -0.1) is 24.0 Å². The van der Waals surface area contributed by atoms with Crippen molar-refractivity contribution in [2.24, 2.45) is 10.9 Å². The van der Waals surface area contributed by atoms with Crippen LogP contribution >= 0.6 is 24.0 Å². The summed E-state index contributed by atoms with van der Waals surface area (Å²) < 4.78 is 5.66. The Kier molecular flexibility index (Phi) is 10.6. The first-order chi connectivity index (χ1) is 12.1. The lowest BCUT2D eigenvalue weighted by atomic mass is 10.2. The predicted octanol–water partition coefficient (Wildman–Crippen LogP) is 2.24. The van der Waals surface area contributed by atoms with E-state index in [1.807, 2.05) is 36.9 Å². The van der Waals surface area contributed by atoms with E-state index in [4.69, 9.17) is 4.74 Å². The molecule has 0 bridgehead atoms. The molecule has 2 N–H and O–H groups in total. The van der Waals surface area contributed by atoms with E-state index in [0.717, 1.165) is 25.5 Å². The Bertz CT molecular complexity index is 566. The SMILES string of the molecule is CN=C(NCCOCc1ccccc1)NC1CCN(C(=O)C(C)C)C1.I. The number of guanidine groups is 1. The summed E-state index contributed by atoms with van der Waals surface area (Å²) >= 11 is 0. The molecule has 1 aromatic carbocycles. The predicted molar refractivity (Wildman–Crippen MR) is 116 cm³/mol. The number of carbonyl (C=O) groups excluding carboxylic acids is 1. The third-order valence-corrected chi connectivity index (χ3v) is 4.21. The van der Waals surface area contributed by atoms with Crippen molar-refractivity contribution in [2.45, 2.75) is 32.9 Å². The zero-order valence-electron chi connectivity index (χ0n) is 15.9. The number of hydrogen-bond acceptors (Lipinski definition) is 3. The fraction of sp³-hybridized carbons (Fsp3) is 0.579. The molecule has 1 aromatic rings. The fourth-order valence-electron chi connectivity index (χ4n) is 2.84. The smallest absolute Gasteiger partial charge is 0.225 e. The van der Waals surface area contributed by atoms with Crippen molar-refractivity contribution in [3.8, 4) is 0 Å². The highest BCUT2D eigenvalue weighted by atomic mass is 127. The van der Waals surface area contributed by atoms with Crippen LogP contribution in [0.15, 0.2) is 35.3 Å². The first-order valence-corrected chi connectivity index (χ1v) is 8.97. The lowest BCUT2D eigenvalue weighted by molar-refractivity contribution is -0.133. The number of hydrogen-bond donors (Lipinski definition) is 2. The monoisotopic (exact) mass is 474 g/mol. The maximum absolute atomic E-state index is 12.0. The van der Waals surface area contributed by atoms with Gasteiger partial charge in [-0.25, -0.2) is 0 Å². The summed E-state index contributed by atoms with van der Waals surface area (Å²) in [6.07, 6.45) is 0.948. The lowest BCUT2D eigenvalue weighted by Crippen LogP contribution is -2.46. The second-order valence-corrected chi connectivity index (χ2v) is 6.61. The van der Waals surface area contributed by atoms with Gasteiger partial charge < -0.3 is 20.3 Å². The zero-order valence-corrected chi connectivity index (χ0v) is 18.2. The summed E-state index contributed by atoms with van der Waals surface area (Å²) in [5.74, 6) is 1.03. The van der Waals surface area contributed by atoms with Gasteiger partial charge in [0.25, 0.3) is 0 Å². The van der Waals surface area contributed by atoms with E-state index in [1.54, 1.807) is 7.05 Å². The Balaban J connectivity index is 0.00000338. The van der Waals surface area contributed by atoms with Crippen LogP contribution in [0, 0.1) is 5.92 Å². The van der Waals surface area contributed by atoms with Gasteiger partial charge in [0, 0.05) is 38.6 Å². The third-order valence-electron chi connectivity index (χ3n) is 4.21. The summed E-state index contributed by atoms with van der Waals surface area (Å²) in [6, 6.07) is 10.4. The zero-order chi connectivity index (χ0) is 18.1. The summed E-state index contributed by atoms with van der Waals surface area (Å²) in [7, 11) is 1.76. The van der Waals surface area contributed by atoms with Crippen LogP contribution in [-0.2, 0) is 16.1 Å². The number of carbonyl (C=O) groups is 1. The second kappa shape index (κ2) is 12.1. The molecule has 2 rings (SSSR count). The van der Waals surface area contributed by atoms with Gasteiger partial charge in [0.15, 0.2) is 5.96 Å². The van der Waals surface area contributed by atoms with Crippen molar-refractivity contribution < 1.29 is 9.53 Å². The minimum Gasteiger partial charge on any atom is -0.375 e. The van der Waals surface area contributed by atoms with Crippen molar-refractivity contribution in [2.75, 3.05) is 33.3 Å². The molecule has 1 aliphatic rings. The molecule has 7 heteroatoms. The van der Waals surface area contributed by atoms with Crippen LogP contribution < -0.4 is 10.6 Å². The van der Waals surface area contributed by atoms with Crippen molar-refractivity contribution in [1.29, 1.82) is 0 Å². The molecule has 1 aliphatic heterocycles. The number of nitrogens with one attached hydrogen (secondary N) is 2. The van der Waals surface area contributed by atoms with Crippen molar-refractivity contribution in [1.82, 2.24) is 15.5 Å². The number of halogens is 1. The molecule has 0 radical (unpaired) electrons. The maximum Gasteiger partial charge on any atom is 0.225 e. The quantitative estimate of drug-likeness (QED) is 0.276. The number of amides is 1. The third kappa shape index (κ3) is 7.49. The Morgan fingerprint density at radius 1 is 1.35 bits per heavy atom. The Hall–Kier alpha value is -1.35. The van der Waals surface area contributed by atoms with Crippen LogP contribution in [0.5, 0.6) is 0 Å². The number of aliphatic imine (C=N–C) groups is 1. The summed E-state index contributed by atoms with van der Waals surface area (Å²) in [6.45, 7) is 7.35. The molecule has 0 spiro atoms. The molecule has 1 heterocycles. The van der Waals surface area contributed by atoms with Crippen LogP contribution in [0.3, 0.4) is 0 Å². The molecule has 146 valence electrons. The van der Waals surface area contributed by atoms with Gasteiger partial charge in [-0.2, -0.15) is 0 Å². The molecule has 1 atom stereocenters. The summed E-state index contributed by atoms with van der Waals surface area (Å²) in [4.78, 5) is 18.2. The van der Waals surface area contributed by atoms with E-state index in [9.17, 15) is 4.79 Å². The minimum absolute atomic E-state index is 0. The van der Waals surface area contributed by atoms with E-state index in [1.165, 1.54) is 5.56 Å². The Labute approximate surface area is 173 Å². The van der Waals surface area contributed by atoms with Gasteiger partial charge in [0.05, 0.1) is 13.2 Å². The van der Waals surface area contributed by atoms with Gasteiger partial charge in [-0.05, 0) is 12.0 Å². The molecule has 1 unspecified atom stereocenters. The molecule has 0 saturated carbocycles. The number of rotatable bonds is 7. The van der Waals surface area contributed by atoms with Gasteiger partial charge in [0.1, 0.15) is 0 Å². The average molecular weight is 474 g/mol. The van der Waals surface area contributed by atoms with Crippen LogP contribution in [0.25, 0.3) is 0 Å². The first kappa shape index (κ1) is 22.7. The molecular formula is C19H31IN4O2. The average Bonchev–Trinajstić information content (AvgIpc) is 3.09. The number of nitrogens with zero attached hydrogens (tertiary/aromatic N) is 2. The largest absolute Gasteiger partial charge is 0.375 e. The van der Waals surface area contributed by atoms with E-state index in [2.05, 4.69) is 27.8 Å². The van der Waals surface area contributed by atoms with Crippen molar-refractivity contribution in [3.05, 3.63) is 35.9 Å². The summed E-state index contributed by atoms with van der Waals surface area (Å²) in [5.41, 5.74) is 1.17. The van der Waals surface area contributed by atoms with E-state index in [0.29, 0.717) is 19.8 Å². The number of benzene rings is 1. The number of ether oxygens (including phenoxy) is 1. The van der Waals surface area contributed by atoms with E-state index >= 15 is 0 Å². The highest BCUT2D eigenvalue weighted by Gasteiger charge is 2.27. The molecule has 1 fully saturated rings. The molecule has 26 heavy (non-hydrogen) atoms. The van der Waals surface area contributed by atoms with E-state index in [-0.39, 0.29) is 41.8 Å². The van der Waals surface area contributed by atoms with Gasteiger partial charge in [-0.1, -0.05) is 44.2 Å². The number of likely N-dealkylation sites (tertiary alicyclic amines) is 1. The molecular weight excluding hydrogens is 443 g/mol. The van der Waals surface area contributed by atoms with E-state index < -0.39 is 0 Å². The second-order valence-electron chi connectivity index (χ2n) is 6.61. The van der Waals surface area contributed by atoms with Crippen LogP contribution in [0.1, 0.15) is 25.8 Å². The van der Waals surface area contributed by atoms with Crippen LogP contribution in [0.2, 0.25) is 0 Å². The Morgan fingerprint density at radius 3 is 2.73 bits per heavy atom. The maximum atomic E-state index is 12.0. The van der Waals surface area contributed by atoms with Crippen LogP contribution in [-0.4, -0.2) is 56.1 Å². The Morgan fingerprint density at radius 2 is 2.08 bits per heavy atom. The molecule has 0 aromatic heterocycles. The molecule has 1 saturated heterocycles. The fourth-order valence-corrected chi connectivity index (χ4v) is 2.84.